The Kier molecular flexibility index (Phi) is 4.82. The Balaban J connectivity index is 2.12. The summed E-state index contributed by atoms with van der Waals surface area (Å²) in [5.74, 6) is 0.977. The molecule has 7 heteroatoms. The van der Waals surface area contributed by atoms with E-state index in [2.05, 4.69) is 20.1 Å². The molecule has 2 heterocycles. The zero-order valence-electron chi connectivity index (χ0n) is 10.9. The van der Waals surface area contributed by atoms with Crippen molar-refractivity contribution < 1.29 is 5.21 Å². The Labute approximate surface area is 116 Å². The van der Waals surface area contributed by atoms with E-state index in [-0.39, 0.29) is 5.84 Å². The number of hydrogen-bond donors (Lipinski definition) is 2. The monoisotopic (exact) mass is 272 g/mol. The number of aromatic nitrogens is 3. The van der Waals surface area contributed by atoms with Crippen LogP contribution in [0.5, 0.6) is 0 Å². The van der Waals surface area contributed by atoms with Gasteiger partial charge < -0.3 is 15.8 Å². The van der Waals surface area contributed by atoms with Crippen molar-refractivity contribution in [3.05, 3.63) is 48.7 Å². The van der Waals surface area contributed by atoms with Crippen molar-refractivity contribution in [1.82, 2.24) is 15.0 Å². The summed E-state index contributed by atoms with van der Waals surface area (Å²) in [6.45, 7) is 1.23. The Morgan fingerprint density at radius 2 is 2.20 bits per heavy atom. The number of nitrogens with zero attached hydrogens (tertiary/aromatic N) is 5. The van der Waals surface area contributed by atoms with Crippen LogP contribution in [0.2, 0.25) is 0 Å². The topological polar surface area (TPSA) is 101 Å². The van der Waals surface area contributed by atoms with Crippen LogP contribution in [-0.2, 0) is 6.54 Å². The van der Waals surface area contributed by atoms with Crippen molar-refractivity contribution in [2.75, 3.05) is 11.4 Å². The van der Waals surface area contributed by atoms with Gasteiger partial charge in [0.1, 0.15) is 18.0 Å². The molecule has 7 nitrogen and oxygen atoms in total. The Hall–Kier alpha value is -2.70. The molecule has 0 aliphatic heterocycles. The zero-order chi connectivity index (χ0) is 14.2. The van der Waals surface area contributed by atoms with Gasteiger partial charge in [-0.2, -0.15) is 0 Å². The van der Waals surface area contributed by atoms with E-state index in [1.54, 1.807) is 18.6 Å². The molecule has 0 saturated heterocycles. The molecule has 2 aromatic heterocycles. The van der Waals surface area contributed by atoms with E-state index in [1.807, 2.05) is 23.1 Å². The molecule has 0 fully saturated rings. The van der Waals surface area contributed by atoms with Gasteiger partial charge in [0.25, 0.3) is 0 Å². The second kappa shape index (κ2) is 7.03. The van der Waals surface area contributed by atoms with Gasteiger partial charge in [0.05, 0.1) is 0 Å². The standard InChI is InChI=1S/C13H16N6O/c14-12(18-20)4-7-19(13-3-6-16-10-17-13)9-11-2-1-5-15-8-11/h1-3,5-6,8,10,20H,4,7,9H2,(H2,14,18). The van der Waals surface area contributed by atoms with Crippen molar-refractivity contribution in [1.29, 1.82) is 0 Å². The second-order valence-corrected chi connectivity index (χ2v) is 4.19. The van der Waals surface area contributed by atoms with Crippen LogP contribution < -0.4 is 10.6 Å². The van der Waals surface area contributed by atoms with Crippen LogP contribution in [0.3, 0.4) is 0 Å². The van der Waals surface area contributed by atoms with Gasteiger partial charge in [-0.05, 0) is 17.7 Å². The van der Waals surface area contributed by atoms with Crippen LogP contribution in [-0.4, -0.2) is 32.5 Å². The van der Waals surface area contributed by atoms with Gasteiger partial charge in [0.15, 0.2) is 0 Å². The maximum atomic E-state index is 8.62. The summed E-state index contributed by atoms with van der Waals surface area (Å²) in [4.78, 5) is 14.3. The highest BCUT2D eigenvalue weighted by Crippen LogP contribution is 2.13. The number of rotatable bonds is 6. The van der Waals surface area contributed by atoms with Crippen LogP contribution >= 0.6 is 0 Å². The lowest BCUT2D eigenvalue weighted by Crippen LogP contribution is -2.28. The molecule has 104 valence electrons. The minimum absolute atomic E-state index is 0.190. The molecule has 0 spiro atoms. The molecule has 2 aromatic rings. The highest BCUT2D eigenvalue weighted by atomic mass is 16.4. The van der Waals surface area contributed by atoms with E-state index < -0.39 is 0 Å². The lowest BCUT2D eigenvalue weighted by molar-refractivity contribution is 0.317. The summed E-state index contributed by atoms with van der Waals surface area (Å²) in [6.07, 6.45) is 7.16. The summed E-state index contributed by atoms with van der Waals surface area (Å²) in [7, 11) is 0. The summed E-state index contributed by atoms with van der Waals surface area (Å²) < 4.78 is 0. The molecular weight excluding hydrogens is 256 g/mol. The van der Waals surface area contributed by atoms with Crippen LogP contribution in [0, 0.1) is 0 Å². The second-order valence-electron chi connectivity index (χ2n) is 4.19. The highest BCUT2D eigenvalue weighted by molar-refractivity contribution is 5.80. The molecule has 0 bridgehead atoms. The first-order valence-electron chi connectivity index (χ1n) is 6.16. The average Bonchev–Trinajstić information content (AvgIpc) is 2.53. The lowest BCUT2D eigenvalue weighted by Gasteiger charge is -2.23. The van der Waals surface area contributed by atoms with Gasteiger partial charge in [-0.15, -0.1) is 0 Å². The lowest BCUT2D eigenvalue weighted by atomic mass is 10.2. The highest BCUT2D eigenvalue weighted by Gasteiger charge is 2.09. The van der Waals surface area contributed by atoms with Crippen molar-refractivity contribution in [3.63, 3.8) is 0 Å². The molecular formula is C13H16N6O. The van der Waals surface area contributed by atoms with Gasteiger partial charge >= 0.3 is 0 Å². The molecule has 0 amide bonds. The molecule has 0 aliphatic rings. The summed E-state index contributed by atoms with van der Waals surface area (Å²) in [5, 5.41) is 11.6. The third kappa shape index (κ3) is 3.91. The van der Waals surface area contributed by atoms with Crippen molar-refractivity contribution in [3.8, 4) is 0 Å². The average molecular weight is 272 g/mol. The molecule has 0 unspecified atom stereocenters. The van der Waals surface area contributed by atoms with E-state index in [9.17, 15) is 0 Å². The van der Waals surface area contributed by atoms with E-state index >= 15 is 0 Å². The van der Waals surface area contributed by atoms with Gasteiger partial charge in [0.2, 0.25) is 0 Å². The molecule has 0 aromatic carbocycles. The summed E-state index contributed by atoms with van der Waals surface area (Å²) in [6, 6.07) is 5.70. The quantitative estimate of drug-likeness (QED) is 0.352. The van der Waals surface area contributed by atoms with Gasteiger partial charge in [-0.1, -0.05) is 11.2 Å². The number of pyridine rings is 1. The summed E-state index contributed by atoms with van der Waals surface area (Å²) in [5.41, 5.74) is 6.58. The van der Waals surface area contributed by atoms with Crippen molar-refractivity contribution >= 4 is 11.7 Å². The van der Waals surface area contributed by atoms with Gasteiger partial charge in [0, 0.05) is 38.1 Å². The van der Waals surface area contributed by atoms with Gasteiger partial charge in [-0.25, -0.2) is 9.97 Å². The zero-order valence-corrected chi connectivity index (χ0v) is 10.9. The number of anilines is 1. The third-order valence-corrected chi connectivity index (χ3v) is 2.75. The Bertz CT molecular complexity index is 545. The maximum absolute atomic E-state index is 8.62. The summed E-state index contributed by atoms with van der Waals surface area (Å²) >= 11 is 0. The first-order chi connectivity index (χ1) is 9.79. The molecule has 20 heavy (non-hydrogen) atoms. The first-order valence-corrected chi connectivity index (χ1v) is 6.16. The van der Waals surface area contributed by atoms with Crippen LogP contribution in [0.4, 0.5) is 5.82 Å². The molecule has 0 aliphatic carbocycles. The SMILES string of the molecule is NC(CCN(Cc1cccnc1)c1ccncn1)=NO. The minimum Gasteiger partial charge on any atom is -0.409 e. The van der Waals surface area contributed by atoms with E-state index in [0.29, 0.717) is 19.5 Å². The van der Waals surface area contributed by atoms with Crippen molar-refractivity contribution in [2.45, 2.75) is 13.0 Å². The molecule has 0 atom stereocenters. The number of amidine groups is 1. The van der Waals surface area contributed by atoms with Crippen LogP contribution in [0.25, 0.3) is 0 Å². The van der Waals surface area contributed by atoms with E-state index in [1.165, 1.54) is 6.33 Å². The van der Waals surface area contributed by atoms with Gasteiger partial charge in [-0.3, -0.25) is 4.98 Å². The molecule has 2 rings (SSSR count). The largest absolute Gasteiger partial charge is 0.409 e. The fourth-order valence-corrected chi connectivity index (χ4v) is 1.76. The Morgan fingerprint density at radius 3 is 2.85 bits per heavy atom. The molecule has 0 saturated carbocycles. The van der Waals surface area contributed by atoms with Crippen LogP contribution in [0.15, 0.2) is 48.3 Å². The number of nitrogens with two attached hydrogens (primary N) is 1. The fourth-order valence-electron chi connectivity index (χ4n) is 1.76. The Morgan fingerprint density at radius 1 is 1.30 bits per heavy atom. The predicted molar refractivity (Wildman–Crippen MR) is 75.3 cm³/mol. The smallest absolute Gasteiger partial charge is 0.140 e. The van der Waals surface area contributed by atoms with E-state index in [4.69, 9.17) is 10.9 Å². The first kappa shape index (κ1) is 13.7. The van der Waals surface area contributed by atoms with Crippen molar-refractivity contribution in [2.24, 2.45) is 10.9 Å². The normalized spacial score (nSPS) is 11.3. The minimum atomic E-state index is 0.190. The predicted octanol–water partition coefficient (Wildman–Crippen LogP) is 1.01. The maximum Gasteiger partial charge on any atom is 0.140 e. The number of hydrogen-bond acceptors (Lipinski definition) is 6. The fraction of sp³-hybridized carbons (Fsp3) is 0.231. The van der Waals surface area contributed by atoms with E-state index in [0.717, 1.165) is 11.4 Å². The number of oxime groups is 1. The molecule has 3 N–H and O–H groups in total. The third-order valence-electron chi connectivity index (χ3n) is 2.75. The van der Waals surface area contributed by atoms with Crippen LogP contribution in [0.1, 0.15) is 12.0 Å². The molecule has 0 radical (unpaired) electrons.